The van der Waals surface area contributed by atoms with Crippen molar-refractivity contribution >= 4 is 24.9 Å². The summed E-state index contributed by atoms with van der Waals surface area (Å²) < 4.78 is 28.7. The van der Waals surface area contributed by atoms with E-state index in [1.165, 1.54) is 0 Å². The Kier molecular flexibility index (Phi) is 7.09. The summed E-state index contributed by atoms with van der Waals surface area (Å²) in [6.07, 6.45) is 0.999. The van der Waals surface area contributed by atoms with Crippen molar-refractivity contribution in [3.63, 3.8) is 0 Å². The molecule has 2 nitrogen and oxygen atoms in total. The van der Waals surface area contributed by atoms with Gasteiger partial charge in [-0.3, -0.25) is 0 Å². The standard InChI is InChI=1S/C28H36O2P2/c1-27(2,3)31(29,25-16-9-7-10-17-25)21-23-14-13-15-24(20-23)22-32(30,28(4,5)6)26-18-11-8-12-19-26/h7-20H,21-22H2,1-6H3. The lowest BCUT2D eigenvalue weighted by Gasteiger charge is -2.33. The molecule has 2 atom stereocenters. The van der Waals surface area contributed by atoms with E-state index in [4.69, 9.17) is 0 Å². The second kappa shape index (κ2) is 9.17. The van der Waals surface area contributed by atoms with Gasteiger partial charge in [0.15, 0.2) is 0 Å². The Morgan fingerprint density at radius 3 is 1.19 bits per heavy atom. The Hall–Kier alpha value is -1.88. The molecule has 170 valence electrons. The van der Waals surface area contributed by atoms with Gasteiger partial charge in [0.05, 0.1) is 0 Å². The van der Waals surface area contributed by atoms with Gasteiger partial charge in [-0.2, -0.15) is 0 Å². The third kappa shape index (κ3) is 5.03. The van der Waals surface area contributed by atoms with Crippen LogP contribution < -0.4 is 10.6 Å². The van der Waals surface area contributed by atoms with Crippen molar-refractivity contribution in [2.75, 3.05) is 0 Å². The fourth-order valence-corrected chi connectivity index (χ4v) is 9.70. The lowest BCUT2D eigenvalue weighted by molar-refractivity contribution is 0.555. The zero-order valence-electron chi connectivity index (χ0n) is 20.2. The highest BCUT2D eigenvalue weighted by Gasteiger charge is 2.39. The molecule has 0 aliphatic heterocycles. The van der Waals surface area contributed by atoms with Crippen LogP contribution >= 0.6 is 14.3 Å². The molecule has 3 rings (SSSR count). The van der Waals surface area contributed by atoms with E-state index in [1.807, 2.05) is 66.7 Å². The van der Waals surface area contributed by atoms with Crippen LogP contribution in [0.25, 0.3) is 0 Å². The number of rotatable bonds is 6. The first-order valence-electron chi connectivity index (χ1n) is 11.2. The third-order valence-electron chi connectivity index (χ3n) is 6.32. The summed E-state index contributed by atoms with van der Waals surface area (Å²) >= 11 is 0. The summed E-state index contributed by atoms with van der Waals surface area (Å²) in [6.45, 7) is 12.4. The van der Waals surface area contributed by atoms with Gasteiger partial charge in [-0.1, -0.05) is 126 Å². The second-order valence-corrected chi connectivity index (χ2v) is 17.9. The quantitative estimate of drug-likeness (QED) is 0.350. The van der Waals surface area contributed by atoms with Gasteiger partial charge in [0, 0.05) is 33.2 Å². The lowest BCUT2D eigenvalue weighted by Crippen LogP contribution is -2.25. The molecule has 0 aromatic heterocycles. The van der Waals surface area contributed by atoms with Gasteiger partial charge < -0.3 is 9.13 Å². The molecule has 0 spiro atoms. The van der Waals surface area contributed by atoms with Crippen molar-refractivity contribution in [1.82, 2.24) is 0 Å². The first-order chi connectivity index (χ1) is 14.9. The Labute approximate surface area is 194 Å². The van der Waals surface area contributed by atoms with Crippen LogP contribution in [-0.2, 0) is 21.5 Å². The fourth-order valence-electron chi connectivity index (χ4n) is 4.11. The smallest absolute Gasteiger partial charge is 0.124 e. The molecule has 4 heteroatoms. The van der Waals surface area contributed by atoms with E-state index in [-0.39, 0.29) is 10.3 Å². The highest BCUT2D eigenvalue weighted by Crippen LogP contribution is 2.60. The topological polar surface area (TPSA) is 34.1 Å². The minimum atomic E-state index is -2.71. The maximum absolute atomic E-state index is 14.3. The maximum atomic E-state index is 14.3. The third-order valence-corrected chi connectivity index (χ3v) is 14.5. The van der Waals surface area contributed by atoms with E-state index in [0.29, 0.717) is 12.3 Å². The van der Waals surface area contributed by atoms with Gasteiger partial charge in [0.25, 0.3) is 0 Å². The van der Waals surface area contributed by atoms with Gasteiger partial charge in [-0.15, -0.1) is 0 Å². The highest BCUT2D eigenvalue weighted by atomic mass is 31.2. The van der Waals surface area contributed by atoms with Crippen LogP contribution in [0.5, 0.6) is 0 Å². The molecular weight excluding hydrogens is 430 g/mol. The minimum absolute atomic E-state index is 0.352. The molecular formula is C28H36O2P2. The SMILES string of the molecule is CC(C)(C)P(=O)(Cc1cccc(CP(=O)(c2ccccc2)C(C)(C)C)c1)c1ccccc1. The number of hydrogen-bond donors (Lipinski definition) is 0. The van der Waals surface area contributed by atoms with E-state index >= 15 is 0 Å². The van der Waals surface area contributed by atoms with Crippen LogP contribution in [0.15, 0.2) is 84.9 Å². The molecule has 0 aliphatic carbocycles. The molecule has 0 radical (unpaired) electrons. The second-order valence-electron chi connectivity index (χ2n) is 10.6. The summed E-state index contributed by atoms with van der Waals surface area (Å²) in [7, 11) is -5.42. The number of hydrogen-bond acceptors (Lipinski definition) is 2. The average molecular weight is 467 g/mol. The highest BCUT2D eigenvalue weighted by molar-refractivity contribution is 7.72. The van der Waals surface area contributed by atoms with E-state index in [2.05, 4.69) is 59.7 Å². The van der Waals surface area contributed by atoms with Gasteiger partial charge in [0.1, 0.15) is 14.3 Å². The van der Waals surface area contributed by atoms with Crippen molar-refractivity contribution in [1.29, 1.82) is 0 Å². The lowest BCUT2D eigenvalue weighted by atomic mass is 10.2. The summed E-state index contributed by atoms with van der Waals surface area (Å²) in [5.74, 6) is 0. The van der Waals surface area contributed by atoms with Crippen LogP contribution in [0.3, 0.4) is 0 Å². The van der Waals surface area contributed by atoms with Gasteiger partial charge in [-0.05, 0) is 11.1 Å². The molecule has 0 fully saturated rings. The van der Waals surface area contributed by atoms with Crippen LogP contribution in [0.1, 0.15) is 52.7 Å². The molecule has 32 heavy (non-hydrogen) atoms. The molecule has 3 aromatic carbocycles. The first kappa shape index (κ1) is 24.8. The van der Waals surface area contributed by atoms with E-state index in [0.717, 1.165) is 21.7 Å². The minimum Gasteiger partial charge on any atom is -0.318 e. The van der Waals surface area contributed by atoms with Gasteiger partial charge in [0.2, 0.25) is 0 Å². The Morgan fingerprint density at radius 1 is 0.531 bits per heavy atom. The summed E-state index contributed by atoms with van der Waals surface area (Å²) in [4.78, 5) is 0. The molecule has 0 N–H and O–H groups in total. The van der Waals surface area contributed by atoms with Gasteiger partial charge in [-0.25, -0.2) is 0 Å². The Morgan fingerprint density at radius 2 is 0.875 bits per heavy atom. The molecule has 2 unspecified atom stereocenters. The number of benzene rings is 3. The van der Waals surface area contributed by atoms with Crippen LogP contribution in [-0.4, -0.2) is 10.3 Å². The van der Waals surface area contributed by atoms with Crippen molar-refractivity contribution in [2.45, 2.75) is 64.2 Å². The molecule has 3 aromatic rings. The predicted octanol–water partition coefficient (Wildman–Crippen LogP) is 7.66. The predicted molar refractivity (Wildman–Crippen MR) is 141 cm³/mol. The van der Waals surface area contributed by atoms with Crippen molar-refractivity contribution < 1.29 is 9.13 Å². The molecule has 0 amide bonds. The maximum Gasteiger partial charge on any atom is 0.124 e. The summed E-state index contributed by atoms with van der Waals surface area (Å²) in [5, 5.41) is 1.13. The van der Waals surface area contributed by atoms with Crippen molar-refractivity contribution in [3.8, 4) is 0 Å². The summed E-state index contributed by atoms with van der Waals surface area (Å²) in [6, 6.07) is 27.9. The molecule has 0 heterocycles. The zero-order valence-corrected chi connectivity index (χ0v) is 22.0. The monoisotopic (exact) mass is 466 g/mol. The van der Waals surface area contributed by atoms with E-state index in [1.54, 1.807) is 0 Å². The van der Waals surface area contributed by atoms with Crippen molar-refractivity contribution in [3.05, 3.63) is 96.1 Å². The fraction of sp³-hybridized carbons (Fsp3) is 0.357. The normalized spacial score (nSPS) is 16.2. The zero-order chi connectivity index (χ0) is 23.6. The molecule has 0 saturated carbocycles. The average Bonchev–Trinajstić information content (AvgIpc) is 2.73. The molecule has 0 aliphatic rings. The largest absolute Gasteiger partial charge is 0.318 e. The van der Waals surface area contributed by atoms with Crippen LogP contribution in [0.2, 0.25) is 0 Å². The first-order valence-corrected chi connectivity index (χ1v) is 15.0. The Bertz CT molecular complexity index is 1050. The Balaban J connectivity index is 1.99. The van der Waals surface area contributed by atoms with E-state index < -0.39 is 14.3 Å². The van der Waals surface area contributed by atoms with E-state index in [9.17, 15) is 9.13 Å². The van der Waals surface area contributed by atoms with Crippen molar-refractivity contribution in [2.24, 2.45) is 0 Å². The van der Waals surface area contributed by atoms with Crippen LogP contribution in [0, 0.1) is 0 Å². The molecule has 0 bridgehead atoms. The summed E-state index contributed by atoms with van der Waals surface area (Å²) in [5.41, 5.74) is 2.08. The van der Waals surface area contributed by atoms with Gasteiger partial charge >= 0.3 is 0 Å². The molecule has 0 saturated heterocycles. The van der Waals surface area contributed by atoms with Crippen LogP contribution in [0.4, 0.5) is 0 Å².